The standard InChI is InChI=1S/C6H7N.C4H10O3S2/c7-6-4-2-1-3-5-6;5-1-3-8-7-9-4-2-6/h1-5H,7H2;5-6H,1-4H2. The Balaban J connectivity index is 0.000000288. The summed E-state index contributed by atoms with van der Waals surface area (Å²) in [7, 11) is 0. The number of benzene rings is 1. The summed E-state index contributed by atoms with van der Waals surface area (Å²) in [6, 6.07) is 9.49. The normalized spacial score (nSPS) is 9.38. The van der Waals surface area contributed by atoms with E-state index in [1.54, 1.807) is 0 Å². The number of aliphatic hydroxyl groups excluding tert-OH is 2. The van der Waals surface area contributed by atoms with Crippen molar-refractivity contribution in [3.63, 3.8) is 0 Å². The lowest BCUT2D eigenvalue weighted by atomic mass is 10.3. The second kappa shape index (κ2) is 12.7. The Kier molecular flexibility index (Phi) is 12.4. The van der Waals surface area contributed by atoms with Crippen LogP contribution in [0.3, 0.4) is 0 Å². The van der Waals surface area contributed by atoms with Gasteiger partial charge in [0, 0.05) is 41.3 Å². The molecule has 0 radical (unpaired) electrons. The summed E-state index contributed by atoms with van der Waals surface area (Å²) in [5.41, 5.74) is 6.18. The summed E-state index contributed by atoms with van der Waals surface area (Å²) in [6.07, 6.45) is 0. The van der Waals surface area contributed by atoms with E-state index in [0.717, 1.165) is 5.69 Å². The third kappa shape index (κ3) is 11.7. The topological polar surface area (TPSA) is 75.7 Å². The van der Waals surface area contributed by atoms with Gasteiger partial charge in [0.05, 0.1) is 13.2 Å². The van der Waals surface area contributed by atoms with E-state index in [4.69, 9.17) is 19.6 Å². The van der Waals surface area contributed by atoms with Crippen molar-refractivity contribution in [2.45, 2.75) is 0 Å². The van der Waals surface area contributed by atoms with Gasteiger partial charge in [-0.1, -0.05) is 18.2 Å². The van der Waals surface area contributed by atoms with Crippen molar-refractivity contribution in [2.24, 2.45) is 0 Å². The molecule has 1 aromatic carbocycles. The lowest BCUT2D eigenvalue weighted by molar-refractivity contribution is 0.320. The fourth-order valence-corrected chi connectivity index (χ4v) is 1.60. The van der Waals surface area contributed by atoms with Crippen molar-refractivity contribution < 1.29 is 13.8 Å². The van der Waals surface area contributed by atoms with Gasteiger partial charge in [-0.25, -0.2) is 3.63 Å². The minimum Gasteiger partial charge on any atom is -0.399 e. The Bertz CT molecular complexity index is 231. The Labute approximate surface area is 105 Å². The molecule has 0 saturated heterocycles. The number of nitrogen functional groups attached to an aromatic ring is 1. The van der Waals surface area contributed by atoms with Crippen molar-refractivity contribution in [3.05, 3.63) is 30.3 Å². The Hall–Kier alpha value is -0.400. The van der Waals surface area contributed by atoms with Gasteiger partial charge in [0.2, 0.25) is 0 Å². The van der Waals surface area contributed by atoms with Gasteiger partial charge in [0.15, 0.2) is 0 Å². The van der Waals surface area contributed by atoms with Crippen LogP contribution in [0.5, 0.6) is 0 Å². The molecular formula is C10H17NO3S2. The number of aliphatic hydroxyl groups is 2. The molecule has 0 heterocycles. The Morgan fingerprint density at radius 3 is 1.81 bits per heavy atom. The van der Waals surface area contributed by atoms with Crippen LogP contribution in [0, 0.1) is 0 Å². The molecule has 0 aliphatic rings. The predicted octanol–water partition coefficient (Wildman–Crippen LogP) is 1.55. The number of rotatable bonds is 6. The zero-order valence-corrected chi connectivity index (χ0v) is 10.5. The summed E-state index contributed by atoms with van der Waals surface area (Å²) in [4.78, 5) is 0. The molecule has 4 N–H and O–H groups in total. The van der Waals surface area contributed by atoms with Gasteiger partial charge >= 0.3 is 0 Å². The molecular weight excluding hydrogens is 246 g/mol. The van der Waals surface area contributed by atoms with E-state index in [2.05, 4.69) is 0 Å². The average molecular weight is 263 g/mol. The second-order valence-electron chi connectivity index (χ2n) is 2.57. The third-order valence-corrected chi connectivity index (χ3v) is 2.71. The van der Waals surface area contributed by atoms with Crippen molar-refractivity contribution in [1.29, 1.82) is 0 Å². The van der Waals surface area contributed by atoms with E-state index in [1.807, 2.05) is 30.3 Å². The number of nitrogens with two attached hydrogens (primary N) is 1. The molecule has 6 heteroatoms. The third-order valence-electron chi connectivity index (χ3n) is 1.25. The van der Waals surface area contributed by atoms with Crippen LogP contribution >= 0.6 is 24.1 Å². The molecule has 0 bridgehead atoms. The first-order valence-electron chi connectivity index (χ1n) is 4.74. The van der Waals surface area contributed by atoms with Crippen LogP contribution in [0.25, 0.3) is 0 Å². The molecule has 4 nitrogen and oxygen atoms in total. The highest BCUT2D eigenvalue weighted by Crippen LogP contribution is 2.12. The summed E-state index contributed by atoms with van der Waals surface area (Å²) in [6.45, 7) is 0.259. The second-order valence-corrected chi connectivity index (χ2v) is 4.40. The molecule has 0 fully saturated rings. The van der Waals surface area contributed by atoms with Crippen molar-refractivity contribution in [2.75, 3.05) is 30.5 Å². The lowest BCUT2D eigenvalue weighted by Gasteiger charge is -1.95. The maximum atomic E-state index is 8.26. The highest BCUT2D eigenvalue weighted by Gasteiger charge is 1.87. The summed E-state index contributed by atoms with van der Waals surface area (Å²) < 4.78 is 4.83. The molecule has 92 valence electrons. The fraction of sp³-hybridized carbons (Fsp3) is 0.400. The van der Waals surface area contributed by atoms with Crippen LogP contribution in [0.15, 0.2) is 30.3 Å². The molecule has 0 aromatic heterocycles. The zero-order chi connectivity index (χ0) is 12.1. The number of hydrogen-bond acceptors (Lipinski definition) is 6. The van der Waals surface area contributed by atoms with Gasteiger partial charge in [-0.05, 0) is 12.1 Å². The van der Waals surface area contributed by atoms with E-state index >= 15 is 0 Å². The maximum absolute atomic E-state index is 8.26. The summed E-state index contributed by atoms with van der Waals surface area (Å²) in [5, 5.41) is 16.5. The van der Waals surface area contributed by atoms with E-state index in [1.165, 1.54) is 24.1 Å². The highest BCUT2D eigenvalue weighted by atomic mass is 32.2. The highest BCUT2D eigenvalue weighted by molar-refractivity contribution is 8.07. The van der Waals surface area contributed by atoms with E-state index in [0.29, 0.717) is 11.5 Å². The minimum atomic E-state index is 0.129. The summed E-state index contributed by atoms with van der Waals surface area (Å²) >= 11 is 2.39. The number of para-hydroxylation sites is 1. The average Bonchev–Trinajstić information content (AvgIpc) is 2.31. The summed E-state index contributed by atoms with van der Waals surface area (Å²) in [5.74, 6) is 1.16. The molecule has 0 atom stereocenters. The molecule has 0 saturated carbocycles. The van der Waals surface area contributed by atoms with Crippen LogP contribution in [-0.2, 0) is 3.63 Å². The molecule has 0 spiro atoms. The quantitative estimate of drug-likeness (QED) is 0.411. The van der Waals surface area contributed by atoms with Gasteiger partial charge in [-0.3, -0.25) is 0 Å². The largest absolute Gasteiger partial charge is 0.399 e. The fourth-order valence-electron chi connectivity index (χ4n) is 0.630. The Morgan fingerprint density at radius 1 is 1.00 bits per heavy atom. The van der Waals surface area contributed by atoms with Crippen molar-refractivity contribution in [3.8, 4) is 0 Å². The first kappa shape index (κ1) is 15.6. The molecule has 1 aromatic rings. The lowest BCUT2D eigenvalue weighted by Crippen LogP contribution is -1.87. The van der Waals surface area contributed by atoms with Crippen LogP contribution < -0.4 is 5.73 Å². The van der Waals surface area contributed by atoms with Crippen LogP contribution in [-0.4, -0.2) is 34.9 Å². The van der Waals surface area contributed by atoms with E-state index in [-0.39, 0.29) is 13.2 Å². The van der Waals surface area contributed by atoms with Crippen LogP contribution in [0.2, 0.25) is 0 Å². The van der Waals surface area contributed by atoms with Gasteiger partial charge in [-0.2, -0.15) is 0 Å². The maximum Gasteiger partial charge on any atom is 0.0544 e. The smallest absolute Gasteiger partial charge is 0.0544 e. The van der Waals surface area contributed by atoms with E-state index in [9.17, 15) is 0 Å². The molecule has 0 amide bonds. The number of anilines is 1. The minimum absolute atomic E-state index is 0.129. The molecule has 0 aliphatic carbocycles. The molecule has 0 unspecified atom stereocenters. The first-order valence-corrected chi connectivity index (χ1v) is 6.56. The zero-order valence-electron chi connectivity index (χ0n) is 8.91. The van der Waals surface area contributed by atoms with Gasteiger partial charge in [0.25, 0.3) is 0 Å². The number of hydrogen-bond donors (Lipinski definition) is 3. The van der Waals surface area contributed by atoms with Crippen LogP contribution in [0.1, 0.15) is 0 Å². The van der Waals surface area contributed by atoms with E-state index < -0.39 is 0 Å². The van der Waals surface area contributed by atoms with Gasteiger partial charge < -0.3 is 15.9 Å². The molecule has 16 heavy (non-hydrogen) atoms. The van der Waals surface area contributed by atoms with Gasteiger partial charge in [0.1, 0.15) is 0 Å². The Morgan fingerprint density at radius 2 is 1.50 bits per heavy atom. The molecule has 0 aliphatic heterocycles. The monoisotopic (exact) mass is 263 g/mol. The molecule has 1 rings (SSSR count). The van der Waals surface area contributed by atoms with Crippen molar-refractivity contribution >= 4 is 29.8 Å². The van der Waals surface area contributed by atoms with Gasteiger partial charge in [-0.15, -0.1) is 0 Å². The van der Waals surface area contributed by atoms with Crippen LogP contribution in [0.4, 0.5) is 5.69 Å². The van der Waals surface area contributed by atoms with Crippen molar-refractivity contribution in [1.82, 2.24) is 0 Å². The predicted molar refractivity (Wildman–Crippen MR) is 71.0 cm³/mol. The SMILES string of the molecule is Nc1ccccc1.OCCSOSCCO. The first-order chi connectivity index (χ1) is 7.81.